The van der Waals surface area contributed by atoms with E-state index in [1.165, 1.54) is 0 Å². The molecule has 4 atom stereocenters. The van der Waals surface area contributed by atoms with Gasteiger partial charge in [0.15, 0.2) is 0 Å². The molecule has 4 rings (SSSR count). The molecule has 2 aliphatic rings. The molecule has 0 bridgehead atoms. The highest BCUT2D eigenvalue weighted by Gasteiger charge is 2.60. The van der Waals surface area contributed by atoms with Gasteiger partial charge in [0.05, 0.1) is 39.5 Å². The van der Waals surface area contributed by atoms with Crippen molar-refractivity contribution in [1.29, 1.82) is 0 Å². The average Bonchev–Trinajstić information content (AvgIpc) is 3.14. The Labute approximate surface area is 370 Å². The van der Waals surface area contributed by atoms with Crippen molar-refractivity contribution in [1.82, 2.24) is 0 Å². The van der Waals surface area contributed by atoms with Crippen molar-refractivity contribution in [2.24, 2.45) is 5.92 Å². The average molecular weight is 1020 g/mol. The lowest BCUT2D eigenvalue weighted by Crippen LogP contribution is -2.70. The van der Waals surface area contributed by atoms with Gasteiger partial charge in [0.25, 0.3) is 0 Å². The quantitative estimate of drug-likeness (QED) is 0.183. The third kappa shape index (κ3) is 9.76. The predicted octanol–water partition coefficient (Wildman–Crippen LogP) is 16.3. The van der Waals surface area contributed by atoms with E-state index < -0.39 is 199 Å². The normalized spacial score (nSPS) is 21.7. The van der Waals surface area contributed by atoms with Crippen LogP contribution in [0.2, 0.25) is 11.1 Å². The second-order valence-corrected chi connectivity index (χ2v) is 16.6. The zero-order valence-electron chi connectivity index (χ0n) is 34.9. The summed E-state index contributed by atoms with van der Waals surface area (Å²) in [6, 6.07) is -2.26. The fourth-order valence-corrected chi connectivity index (χ4v) is 10.1. The van der Waals surface area contributed by atoms with E-state index in [0.29, 0.717) is 13.8 Å². The maximum atomic E-state index is 15.3. The summed E-state index contributed by atoms with van der Waals surface area (Å²) in [7, 11) is 0. The van der Waals surface area contributed by atoms with Crippen molar-refractivity contribution in [3.63, 3.8) is 0 Å². The maximum Gasteiger partial charge on any atom is 0.416 e. The number of rotatable bonds is 8. The Morgan fingerprint density at radius 1 is 0.529 bits per heavy atom. The fraction of sp³-hybridized carbons (Fsp3) is 0.395. The molecule has 4 unspecified atom stereocenters. The topological polar surface area (TPSA) is 0 Å². The standard InChI is InChI=1S/C43H32BF24/c1-8-22-25(36(45,46)47)11-20(12-26(22)37(48,49)50)44(21-13-28(39(54,55)56)33(18(4)5)29(14-21)40(57,58)59,32-15-27(38(51,52)53)24(10-3)34(19(32)6)43(66,67)68)35(7)16-30(41(60,61)62)23(9-2)31(17-35)42(63,64)65/h8-16,18-19,32H,1-3,17H2,4-7H3/q-1. The Bertz CT molecular complexity index is 2410. The molecule has 0 aliphatic heterocycles. The van der Waals surface area contributed by atoms with Gasteiger partial charge in [-0.2, -0.15) is 105 Å². The molecule has 25 heteroatoms. The number of hydrogen-bond acceptors (Lipinski definition) is 0. The zero-order chi connectivity index (χ0) is 52.9. The number of alkyl halides is 24. The van der Waals surface area contributed by atoms with Crippen LogP contribution in [-0.2, 0) is 24.7 Å². The van der Waals surface area contributed by atoms with Gasteiger partial charge >= 0.3 is 49.4 Å². The summed E-state index contributed by atoms with van der Waals surface area (Å²) in [5, 5.41) is -4.04. The van der Waals surface area contributed by atoms with Crippen LogP contribution in [0.4, 0.5) is 105 Å². The van der Waals surface area contributed by atoms with Crippen molar-refractivity contribution >= 4 is 23.1 Å². The van der Waals surface area contributed by atoms with Gasteiger partial charge in [-0.15, -0.1) is 17.2 Å². The van der Waals surface area contributed by atoms with E-state index >= 15 is 105 Å². The molecule has 2 aromatic rings. The summed E-state index contributed by atoms with van der Waals surface area (Å²) in [5.41, 5.74) is -33.0. The van der Waals surface area contributed by atoms with Crippen molar-refractivity contribution in [2.45, 2.75) is 101 Å². The second kappa shape index (κ2) is 17.1. The second-order valence-electron chi connectivity index (χ2n) is 16.6. The van der Waals surface area contributed by atoms with E-state index in [9.17, 15) is 0 Å². The smallest absolute Gasteiger partial charge is 0.202 e. The van der Waals surface area contributed by atoms with Gasteiger partial charge in [0.1, 0.15) is 0 Å². The molecule has 0 heterocycles. The van der Waals surface area contributed by atoms with Crippen LogP contribution in [0.5, 0.6) is 0 Å². The molecule has 0 aromatic heterocycles. The largest absolute Gasteiger partial charge is 0.416 e. The van der Waals surface area contributed by atoms with Crippen molar-refractivity contribution in [3.8, 4) is 0 Å². The van der Waals surface area contributed by atoms with E-state index in [0.717, 1.165) is 0 Å². The molecule has 0 nitrogen and oxygen atoms in total. The van der Waals surface area contributed by atoms with Gasteiger partial charge in [0, 0.05) is 11.1 Å². The van der Waals surface area contributed by atoms with E-state index in [1.54, 1.807) is 0 Å². The Balaban J connectivity index is 2.77. The molecular weight excluding hydrogens is 983 g/mol. The van der Waals surface area contributed by atoms with Gasteiger partial charge in [0.2, 0.25) is 0 Å². The molecule has 2 aromatic carbocycles. The molecule has 0 saturated heterocycles. The predicted molar refractivity (Wildman–Crippen MR) is 203 cm³/mol. The van der Waals surface area contributed by atoms with Crippen LogP contribution < -0.4 is 10.9 Å². The summed E-state index contributed by atoms with van der Waals surface area (Å²) < 4.78 is 365. The van der Waals surface area contributed by atoms with Crippen LogP contribution in [0.25, 0.3) is 6.08 Å². The molecular formula is C43H32BF24-. The molecule has 0 radical (unpaired) electrons. The zero-order valence-corrected chi connectivity index (χ0v) is 34.9. The minimum atomic E-state index is -6.23. The van der Waals surface area contributed by atoms with Crippen LogP contribution >= 0.6 is 0 Å². The third-order valence-electron chi connectivity index (χ3n) is 12.4. The maximum absolute atomic E-state index is 15.3. The first-order valence-electron chi connectivity index (χ1n) is 19.2. The summed E-state index contributed by atoms with van der Waals surface area (Å²) in [5.74, 6) is -8.66. The van der Waals surface area contributed by atoms with E-state index in [4.69, 9.17) is 0 Å². The van der Waals surface area contributed by atoms with Gasteiger partial charge in [-0.3, -0.25) is 0 Å². The first-order chi connectivity index (χ1) is 30.3. The minimum absolute atomic E-state index is 0.0248. The lowest BCUT2D eigenvalue weighted by Gasteiger charge is -2.63. The molecule has 376 valence electrons. The highest BCUT2D eigenvalue weighted by atomic mass is 19.4. The van der Waals surface area contributed by atoms with Gasteiger partial charge < -0.3 is 0 Å². The Hall–Kier alpha value is -5.00. The van der Waals surface area contributed by atoms with Crippen LogP contribution in [0, 0.1) is 5.92 Å². The SMILES string of the molecule is C=CC1=C(C(F)(F)F)CC(C)([B-](c2cc(C(F)(F)F)c(C=C)c(C(F)(F)F)c2)(c2cc(C(F)(F)F)c(C(C)C)c(C(F)(F)F)c2)C2C=C(C(F)(F)F)C(C=C)=C(C(F)(F)F)C2C)C=C1C(F)(F)F. The van der Waals surface area contributed by atoms with Crippen molar-refractivity contribution in [3.05, 3.63) is 135 Å². The summed E-state index contributed by atoms with van der Waals surface area (Å²) in [6.07, 6.45) is -59.3. The Morgan fingerprint density at radius 3 is 1.21 bits per heavy atom. The minimum Gasteiger partial charge on any atom is -0.202 e. The third-order valence-corrected chi connectivity index (χ3v) is 12.4. The van der Waals surface area contributed by atoms with Gasteiger partial charge in [-0.05, 0) is 40.5 Å². The fourth-order valence-electron chi connectivity index (χ4n) is 10.1. The number of benzene rings is 2. The van der Waals surface area contributed by atoms with Crippen molar-refractivity contribution < 1.29 is 105 Å². The summed E-state index contributed by atoms with van der Waals surface area (Å²) in [6.45, 7) is 10.1. The number of allylic oxidation sites excluding steroid dienone is 10. The van der Waals surface area contributed by atoms with Crippen molar-refractivity contribution in [2.75, 3.05) is 0 Å². The summed E-state index contributed by atoms with van der Waals surface area (Å²) >= 11 is 0. The van der Waals surface area contributed by atoms with Crippen LogP contribution in [0.15, 0.2) is 102 Å². The molecule has 68 heavy (non-hydrogen) atoms. The first-order valence-corrected chi connectivity index (χ1v) is 19.2. The molecule has 0 amide bonds. The highest BCUT2D eigenvalue weighted by Crippen LogP contribution is 2.63. The first kappa shape index (κ1) is 55.6. The molecule has 0 spiro atoms. The molecule has 2 aliphatic carbocycles. The van der Waals surface area contributed by atoms with Crippen LogP contribution in [0.1, 0.15) is 73.4 Å². The van der Waals surface area contributed by atoms with E-state index in [-0.39, 0.29) is 32.1 Å². The summed E-state index contributed by atoms with van der Waals surface area (Å²) in [4.78, 5) is 0. The highest BCUT2D eigenvalue weighted by molar-refractivity contribution is 7.06. The number of halogens is 24. The van der Waals surface area contributed by atoms with E-state index in [2.05, 4.69) is 19.7 Å². The Morgan fingerprint density at radius 2 is 0.912 bits per heavy atom. The van der Waals surface area contributed by atoms with Gasteiger partial charge in [-0.1, -0.05) is 96.0 Å². The lowest BCUT2D eigenvalue weighted by atomic mass is 9.02. The molecule has 0 N–H and O–H groups in total. The van der Waals surface area contributed by atoms with Crippen LogP contribution in [-0.4, -0.2) is 30.9 Å². The van der Waals surface area contributed by atoms with Crippen LogP contribution in [0.3, 0.4) is 0 Å². The molecule has 0 saturated carbocycles. The lowest BCUT2D eigenvalue weighted by molar-refractivity contribution is -0.145. The molecule has 0 fully saturated rings. The monoisotopic (exact) mass is 1020 g/mol. The van der Waals surface area contributed by atoms with E-state index in [1.807, 2.05) is 0 Å². The Kier molecular flexibility index (Phi) is 14.0. The number of hydrogen-bond donors (Lipinski definition) is 0. The van der Waals surface area contributed by atoms with Gasteiger partial charge in [-0.25, -0.2) is 10.9 Å².